The quantitative estimate of drug-likeness (QED) is 0.844. The number of aromatic nitrogens is 3. The molecule has 25 heavy (non-hydrogen) atoms. The Morgan fingerprint density at radius 3 is 2.76 bits per heavy atom. The molecule has 1 saturated heterocycles. The van der Waals surface area contributed by atoms with Crippen molar-refractivity contribution in [1.82, 2.24) is 15.0 Å². The molecule has 0 atom stereocenters. The molecule has 2 aromatic rings. The second-order valence-corrected chi connectivity index (χ2v) is 8.12. The molecule has 0 saturated carbocycles. The molecule has 0 radical (unpaired) electrons. The van der Waals surface area contributed by atoms with Gasteiger partial charge in [-0.15, -0.1) is 0 Å². The number of piperidine rings is 1. The lowest BCUT2D eigenvalue weighted by molar-refractivity contribution is 0.237. The van der Waals surface area contributed by atoms with Gasteiger partial charge in [-0.1, -0.05) is 43.6 Å². The molecule has 1 fully saturated rings. The fraction of sp³-hybridized carbons (Fsp3) is 0.471. The number of nitrogen functional groups attached to an aromatic ring is 1. The molecule has 1 aliphatic heterocycles. The average molecular weight is 380 g/mol. The Morgan fingerprint density at radius 1 is 1.40 bits per heavy atom. The van der Waals surface area contributed by atoms with E-state index in [2.05, 4.69) is 33.7 Å². The summed E-state index contributed by atoms with van der Waals surface area (Å²) in [6.07, 6.45) is 6.57. The van der Waals surface area contributed by atoms with Crippen LogP contribution in [0.5, 0.6) is 0 Å². The molecule has 6 nitrogen and oxygen atoms in total. The van der Waals surface area contributed by atoms with Crippen LogP contribution in [-0.2, 0) is 0 Å². The second kappa shape index (κ2) is 7.25. The maximum absolute atomic E-state index is 12.5. The zero-order valence-corrected chi connectivity index (χ0v) is 16.0. The molecule has 3 rings (SSSR count). The van der Waals surface area contributed by atoms with Crippen LogP contribution >= 0.6 is 23.4 Å². The van der Waals surface area contributed by atoms with E-state index in [0.717, 1.165) is 37.2 Å². The van der Waals surface area contributed by atoms with Crippen molar-refractivity contribution in [3.05, 3.63) is 33.8 Å². The molecule has 0 amide bonds. The molecule has 0 aromatic carbocycles. The fourth-order valence-corrected chi connectivity index (χ4v) is 3.94. The van der Waals surface area contributed by atoms with E-state index in [-0.39, 0.29) is 11.4 Å². The Balaban J connectivity index is 1.76. The first-order chi connectivity index (χ1) is 11.9. The number of nitrogens with two attached hydrogens (primary N) is 1. The molecular formula is C17H22ClN5OS. The lowest BCUT2D eigenvalue weighted by Gasteiger charge is -2.39. The molecule has 0 unspecified atom stereocenters. The van der Waals surface area contributed by atoms with E-state index in [0.29, 0.717) is 21.3 Å². The third-order valence-corrected chi connectivity index (χ3v) is 6.46. The molecule has 0 bridgehead atoms. The van der Waals surface area contributed by atoms with Gasteiger partial charge >= 0.3 is 0 Å². The summed E-state index contributed by atoms with van der Waals surface area (Å²) in [6, 6.07) is 1.76. The van der Waals surface area contributed by atoms with Crippen LogP contribution in [0.4, 0.5) is 11.6 Å². The minimum atomic E-state index is -0.178. The van der Waals surface area contributed by atoms with Crippen LogP contribution in [0.1, 0.15) is 33.1 Å². The van der Waals surface area contributed by atoms with Gasteiger partial charge in [0.05, 0.1) is 16.2 Å². The number of aromatic amines is 1. The number of halogens is 1. The lowest BCUT2D eigenvalue weighted by Crippen LogP contribution is -2.41. The third-order valence-electron chi connectivity index (χ3n) is 4.97. The summed E-state index contributed by atoms with van der Waals surface area (Å²) in [4.78, 5) is 26.5. The minimum Gasteiger partial charge on any atom is -0.382 e. The SMILES string of the molecule is CCC1(C)CCN(c2ncc(Sc3ccnc(N)c3Cl)[nH]c2=O)CC1. The van der Waals surface area contributed by atoms with E-state index >= 15 is 0 Å². The Morgan fingerprint density at radius 2 is 2.12 bits per heavy atom. The molecule has 3 heterocycles. The Hall–Kier alpha value is -1.73. The van der Waals surface area contributed by atoms with Crippen LogP contribution in [0.25, 0.3) is 0 Å². The van der Waals surface area contributed by atoms with Gasteiger partial charge in [0.2, 0.25) is 0 Å². The van der Waals surface area contributed by atoms with Crippen molar-refractivity contribution in [1.29, 1.82) is 0 Å². The highest BCUT2D eigenvalue weighted by molar-refractivity contribution is 7.99. The van der Waals surface area contributed by atoms with E-state index in [1.165, 1.54) is 11.8 Å². The van der Waals surface area contributed by atoms with E-state index in [4.69, 9.17) is 17.3 Å². The first-order valence-electron chi connectivity index (χ1n) is 8.34. The van der Waals surface area contributed by atoms with E-state index in [1.807, 2.05) is 0 Å². The Labute approximate surface area is 156 Å². The Kier molecular flexibility index (Phi) is 5.24. The van der Waals surface area contributed by atoms with Gasteiger partial charge in [-0.3, -0.25) is 4.79 Å². The van der Waals surface area contributed by atoms with Gasteiger partial charge in [0.25, 0.3) is 5.56 Å². The third kappa shape index (κ3) is 3.93. The molecule has 0 spiro atoms. The number of nitrogens with one attached hydrogen (secondary N) is 1. The summed E-state index contributed by atoms with van der Waals surface area (Å²) in [6.45, 7) is 6.26. The van der Waals surface area contributed by atoms with E-state index < -0.39 is 0 Å². The van der Waals surface area contributed by atoms with Crippen molar-refractivity contribution in [2.45, 2.75) is 43.0 Å². The van der Waals surface area contributed by atoms with Gasteiger partial charge in [0.1, 0.15) is 5.82 Å². The zero-order valence-electron chi connectivity index (χ0n) is 14.4. The summed E-state index contributed by atoms with van der Waals surface area (Å²) in [5, 5.41) is 1.00. The predicted octanol–water partition coefficient (Wildman–Crippen LogP) is 3.57. The summed E-state index contributed by atoms with van der Waals surface area (Å²) in [5.74, 6) is 0.758. The topological polar surface area (TPSA) is 87.9 Å². The van der Waals surface area contributed by atoms with Crippen molar-refractivity contribution >= 4 is 35.0 Å². The van der Waals surface area contributed by atoms with Crippen molar-refractivity contribution in [3.63, 3.8) is 0 Å². The maximum Gasteiger partial charge on any atom is 0.291 e. The first-order valence-corrected chi connectivity index (χ1v) is 9.53. The van der Waals surface area contributed by atoms with Crippen LogP contribution in [0, 0.1) is 5.41 Å². The van der Waals surface area contributed by atoms with Gasteiger partial charge in [-0.2, -0.15) is 0 Å². The van der Waals surface area contributed by atoms with Crippen molar-refractivity contribution < 1.29 is 0 Å². The number of anilines is 2. The monoisotopic (exact) mass is 379 g/mol. The minimum absolute atomic E-state index is 0.178. The van der Waals surface area contributed by atoms with Crippen molar-refractivity contribution in [2.24, 2.45) is 5.41 Å². The standard InChI is InChI=1S/C17H22ClN5OS/c1-3-17(2)5-8-23(9-6-17)15-16(24)22-12(10-21-15)25-11-4-7-20-14(19)13(11)18/h4,7,10H,3,5-6,8-9H2,1-2H3,(H2,19,20)(H,22,24). The predicted molar refractivity (Wildman–Crippen MR) is 102 cm³/mol. The number of H-pyrrole nitrogens is 1. The summed E-state index contributed by atoms with van der Waals surface area (Å²) >= 11 is 7.46. The van der Waals surface area contributed by atoms with Crippen LogP contribution in [0.2, 0.25) is 5.02 Å². The van der Waals surface area contributed by atoms with Gasteiger partial charge in [-0.05, 0) is 24.3 Å². The first kappa shape index (κ1) is 18.1. The number of hydrogen-bond donors (Lipinski definition) is 2. The number of hydrogen-bond acceptors (Lipinski definition) is 6. The van der Waals surface area contributed by atoms with E-state index in [9.17, 15) is 4.79 Å². The summed E-state index contributed by atoms with van der Waals surface area (Å²) in [7, 11) is 0. The molecule has 134 valence electrons. The number of pyridine rings is 1. The molecule has 2 aromatic heterocycles. The zero-order chi connectivity index (χ0) is 18.0. The van der Waals surface area contributed by atoms with Gasteiger partial charge in [0.15, 0.2) is 5.82 Å². The van der Waals surface area contributed by atoms with Crippen LogP contribution in [0.3, 0.4) is 0 Å². The lowest BCUT2D eigenvalue weighted by atomic mass is 9.78. The molecular weight excluding hydrogens is 358 g/mol. The van der Waals surface area contributed by atoms with Gasteiger partial charge < -0.3 is 15.6 Å². The van der Waals surface area contributed by atoms with E-state index in [1.54, 1.807) is 18.5 Å². The number of nitrogens with zero attached hydrogens (tertiary/aromatic N) is 3. The van der Waals surface area contributed by atoms with Crippen molar-refractivity contribution in [2.75, 3.05) is 23.7 Å². The second-order valence-electron chi connectivity index (χ2n) is 6.66. The largest absolute Gasteiger partial charge is 0.382 e. The van der Waals surface area contributed by atoms with Gasteiger partial charge in [-0.25, -0.2) is 9.97 Å². The van der Waals surface area contributed by atoms with Crippen LogP contribution in [-0.4, -0.2) is 28.0 Å². The summed E-state index contributed by atoms with van der Waals surface area (Å²) in [5.41, 5.74) is 5.90. The van der Waals surface area contributed by atoms with Gasteiger partial charge in [0, 0.05) is 24.2 Å². The normalized spacial score (nSPS) is 16.8. The summed E-state index contributed by atoms with van der Waals surface area (Å²) < 4.78 is 0. The fourth-order valence-electron chi connectivity index (χ4n) is 2.91. The molecule has 3 N–H and O–H groups in total. The molecule has 8 heteroatoms. The highest BCUT2D eigenvalue weighted by Crippen LogP contribution is 2.36. The maximum atomic E-state index is 12.5. The molecule has 1 aliphatic rings. The van der Waals surface area contributed by atoms with Crippen LogP contribution in [0.15, 0.2) is 33.2 Å². The van der Waals surface area contributed by atoms with Crippen LogP contribution < -0.4 is 16.2 Å². The van der Waals surface area contributed by atoms with Crippen molar-refractivity contribution in [3.8, 4) is 0 Å². The highest BCUT2D eigenvalue weighted by Gasteiger charge is 2.29. The number of rotatable bonds is 4. The average Bonchev–Trinajstić information content (AvgIpc) is 2.60. The Bertz CT molecular complexity index is 817. The smallest absolute Gasteiger partial charge is 0.291 e. The molecule has 0 aliphatic carbocycles. The highest BCUT2D eigenvalue weighted by atomic mass is 35.5.